The molecule has 9 heteroatoms. The number of hydrazine groups is 1. The van der Waals surface area contributed by atoms with Crippen molar-refractivity contribution < 1.29 is 9.59 Å². The number of benzene rings is 1. The Hall–Kier alpha value is -2.33. The lowest BCUT2D eigenvalue weighted by molar-refractivity contribution is -0.146. The number of carbonyl (C=O) groups excluding carboxylic acids is 2. The Morgan fingerprint density at radius 1 is 1.22 bits per heavy atom. The third-order valence-corrected chi connectivity index (χ3v) is 8.28. The smallest absolute Gasteiger partial charge is 0.243 e. The largest absolute Gasteiger partial charge is 0.350 e. The Morgan fingerprint density at radius 2 is 1.92 bits per heavy atom. The van der Waals surface area contributed by atoms with Gasteiger partial charge in [-0.15, -0.1) is 11.3 Å². The third kappa shape index (κ3) is 6.14. The molecule has 1 aromatic heterocycles. The van der Waals surface area contributed by atoms with Gasteiger partial charge in [0, 0.05) is 25.7 Å². The van der Waals surface area contributed by atoms with Crippen LogP contribution < -0.4 is 16.9 Å². The maximum atomic E-state index is 13.7. The fourth-order valence-electron chi connectivity index (χ4n) is 5.15. The Labute approximate surface area is 218 Å². The number of nitrogens with one attached hydrogen (secondary N) is 1. The van der Waals surface area contributed by atoms with Gasteiger partial charge in [-0.05, 0) is 55.1 Å². The van der Waals surface area contributed by atoms with E-state index in [9.17, 15) is 9.59 Å². The molecular formula is C27H40N6O2S. The van der Waals surface area contributed by atoms with E-state index >= 15 is 0 Å². The summed E-state index contributed by atoms with van der Waals surface area (Å²) in [7, 11) is 0. The van der Waals surface area contributed by atoms with Gasteiger partial charge in [0.15, 0.2) is 0 Å². The number of rotatable bonds is 9. The van der Waals surface area contributed by atoms with Gasteiger partial charge in [0.1, 0.15) is 12.1 Å². The van der Waals surface area contributed by atoms with Gasteiger partial charge >= 0.3 is 0 Å². The van der Waals surface area contributed by atoms with Crippen molar-refractivity contribution in [2.75, 3.05) is 13.1 Å². The number of aryl methyl sites for hydroxylation is 1. The Kier molecular flexibility index (Phi) is 8.14. The molecule has 5 N–H and O–H groups in total. The summed E-state index contributed by atoms with van der Waals surface area (Å²) in [5.41, 5.74) is 10.9. The summed E-state index contributed by atoms with van der Waals surface area (Å²) in [5, 5.41) is 4.66. The van der Waals surface area contributed by atoms with E-state index in [0.717, 1.165) is 41.0 Å². The Bertz CT molecular complexity index is 1060. The molecule has 0 spiro atoms. The van der Waals surface area contributed by atoms with Gasteiger partial charge in [-0.25, -0.2) is 9.99 Å². The van der Waals surface area contributed by atoms with Crippen molar-refractivity contribution in [2.45, 2.75) is 78.0 Å². The quantitative estimate of drug-likeness (QED) is 0.351. The van der Waals surface area contributed by atoms with Crippen molar-refractivity contribution >= 4 is 23.2 Å². The average Bonchev–Trinajstić information content (AvgIpc) is 3.40. The second-order valence-electron chi connectivity index (χ2n) is 11.3. The topological polar surface area (TPSA) is 118 Å². The van der Waals surface area contributed by atoms with Crippen LogP contribution in [0, 0.1) is 18.3 Å². The standard InChI is InChI=1S/C27H40N6O2S/c1-17-23(36-16-31-17)20-9-7-18(8-10-20)14-30-25(34)22-6-5-13-32(22)26(35)24(27(2,3)4)33(29)15-21(28)19-11-12-19/h7-10,16,19,21-22,24H,5-6,11-15,28-29H2,1-4H3,(H,30,34)/t21?,22-,24+/m0/s1. The van der Waals surface area contributed by atoms with Gasteiger partial charge < -0.3 is 16.0 Å². The zero-order chi connectivity index (χ0) is 26.0. The van der Waals surface area contributed by atoms with E-state index in [1.807, 2.05) is 45.3 Å². The third-order valence-electron chi connectivity index (χ3n) is 7.30. The van der Waals surface area contributed by atoms with Crippen molar-refractivity contribution in [1.82, 2.24) is 20.2 Å². The number of aromatic nitrogens is 1. The SMILES string of the molecule is Cc1ncsc1-c1ccc(CNC(=O)[C@@H]2CCCN2C(=O)[C@@H](N(N)CC(N)C2CC2)C(C)(C)C)cc1. The first kappa shape index (κ1) is 26.7. The van der Waals surface area contributed by atoms with Crippen molar-refractivity contribution in [1.29, 1.82) is 0 Å². The summed E-state index contributed by atoms with van der Waals surface area (Å²) in [6.07, 6.45) is 3.72. The van der Waals surface area contributed by atoms with Gasteiger partial charge in [0.05, 0.1) is 16.1 Å². The minimum atomic E-state index is -0.543. The molecule has 1 aliphatic carbocycles. The molecule has 8 nitrogen and oxygen atoms in total. The maximum absolute atomic E-state index is 13.7. The van der Waals surface area contributed by atoms with Crippen LogP contribution in [0.5, 0.6) is 0 Å². The number of thiazole rings is 1. The van der Waals surface area contributed by atoms with Crippen molar-refractivity contribution in [3.8, 4) is 10.4 Å². The molecule has 0 radical (unpaired) electrons. The first-order chi connectivity index (χ1) is 17.1. The Balaban J connectivity index is 1.38. The van der Waals surface area contributed by atoms with Crippen LogP contribution in [0.15, 0.2) is 29.8 Å². The van der Waals surface area contributed by atoms with Crippen molar-refractivity contribution in [2.24, 2.45) is 22.9 Å². The average molecular weight is 513 g/mol. The summed E-state index contributed by atoms with van der Waals surface area (Å²) in [6.45, 7) is 9.50. The number of nitrogens with zero attached hydrogens (tertiary/aromatic N) is 3. The zero-order valence-electron chi connectivity index (χ0n) is 21.9. The van der Waals surface area contributed by atoms with Crippen LogP contribution in [-0.4, -0.2) is 57.9 Å². The van der Waals surface area contributed by atoms with E-state index in [1.165, 1.54) is 0 Å². The Morgan fingerprint density at radius 3 is 2.50 bits per heavy atom. The van der Waals surface area contributed by atoms with E-state index < -0.39 is 17.5 Å². The van der Waals surface area contributed by atoms with E-state index in [0.29, 0.717) is 32.0 Å². The van der Waals surface area contributed by atoms with E-state index in [-0.39, 0.29) is 17.9 Å². The second kappa shape index (κ2) is 11.0. The predicted octanol–water partition coefficient (Wildman–Crippen LogP) is 3.05. The first-order valence-corrected chi connectivity index (χ1v) is 13.8. The number of likely N-dealkylation sites (tertiary alicyclic amines) is 1. The van der Waals surface area contributed by atoms with Gasteiger partial charge in [-0.1, -0.05) is 45.0 Å². The summed E-state index contributed by atoms with van der Waals surface area (Å²) in [6, 6.07) is 7.11. The fraction of sp³-hybridized carbons (Fsp3) is 0.593. The molecular weight excluding hydrogens is 472 g/mol. The fourth-order valence-corrected chi connectivity index (χ4v) is 5.96. The summed E-state index contributed by atoms with van der Waals surface area (Å²) < 4.78 is 0. The molecule has 1 saturated carbocycles. The molecule has 2 heterocycles. The number of carbonyl (C=O) groups is 2. The van der Waals surface area contributed by atoms with Crippen LogP contribution >= 0.6 is 11.3 Å². The van der Waals surface area contributed by atoms with Crippen LogP contribution in [0.4, 0.5) is 0 Å². The molecule has 0 bridgehead atoms. The molecule has 2 aromatic rings. The summed E-state index contributed by atoms with van der Waals surface area (Å²) in [5.74, 6) is 6.75. The molecule has 2 aliphatic rings. The van der Waals surface area contributed by atoms with Crippen LogP contribution in [0.3, 0.4) is 0 Å². The number of amides is 2. The molecule has 4 rings (SSSR count). The van der Waals surface area contributed by atoms with Crippen molar-refractivity contribution in [3.63, 3.8) is 0 Å². The van der Waals surface area contributed by atoms with Crippen LogP contribution in [0.1, 0.15) is 57.7 Å². The lowest BCUT2D eigenvalue weighted by Gasteiger charge is -2.40. The molecule has 1 aromatic carbocycles. The highest BCUT2D eigenvalue weighted by atomic mass is 32.1. The van der Waals surface area contributed by atoms with Crippen LogP contribution in [0.25, 0.3) is 10.4 Å². The second-order valence-corrected chi connectivity index (χ2v) is 12.2. The molecule has 1 saturated heterocycles. The lowest BCUT2D eigenvalue weighted by atomic mass is 9.85. The normalized spacial score (nSPS) is 20.0. The van der Waals surface area contributed by atoms with Gasteiger partial charge in [0.25, 0.3) is 0 Å². The van der Waals surface area contributed by atoms with Crippen LogP contribution in [-0.2, 0) is 16.1 Å². The molecule has 2 amide bonds. The monoisotopic (exact) mass is 512 g/mol. The molecule has 1 unspecified atom stereocenters. The molecule has 36 heavy (non-hydrogen) atoms. The first-order valence-electron chi connectivity index (χ1n) is 12.9. The minimum Gasteiger partial charge on any atom is -0.350 e. The summed E-state index contributed by atoms with van der Waals surface area (Å²) in [4.78, 5) is 34.1. The highest BCUT2D eigenvalue weighted by Gasteiger charge is 2.44. The number of hydrogen-bond donors (Lipinski definition) is 3. The minimum absolute atomic E-state index is 0.0308. The van der Waals surface area contributed by atoms with E-state index in [2.05, 4.69) is 22.4 Å². The zero-order valence-corrected chi connectivity index (χ0v) is 22.7. The molecule has 2 fully saturated rings. The highest BCUT2D eigenvalue weighted by molar-refractivity contribution is 7.13. The lowest BCUT2D eigenvalue weighted by Crippen LogP contribution is -2.61. The van der Waals surface area contributed by atoms with E-state index in [4.69, 9.17) is 11.6 Å². The predicted molar refractivity (Wildman–Crippen MR) is 144 cm³/mol. The van der Waals surface area contributed by atoms with Gasteiger partial charge in [0.2, 0.25) is 11.8 Å². The maximum Gasteiger partial charge on any atom is 0.243 e. The number of nitrogens with two attached hydrogens (primary N) is 2. The van der Waals surface area contributed by atoms with Gasteiger partial charge in [-0.2, -0.15) is 0 Å². The number of hydrogen-bond acceptors (Lipinski definition) is 7. The molecule has 196 valence electrons. The van der Waals surface area contributed by atoms with Gasteiger partial charge in [-0.3, -0.25) is 15.4 Å². The molecule has 3 atom stereocenters. The highest BCUT2D eigenvalue weighted by Crippen LogP contribution is 2.33. The van der Waals surface area contributed by atoms with Crippen molar-refractivity contribution in [3.05, 3.63) is 41.0 Å². The summed E-state index contributed by atoms with van der Waals surface area (Å²) >= 11 is 1.62. The van der Waals surface area contributed by atoms with Crippen LogP contribution in [0.2, 0.25) is 0 Å². The molecule has 1 aliphatic heterocycles. The van der Waals surface area contributed by atoms with E-state index in [1.54, 1.807) is 21.2 Å².